The Hall–Kier alpha value is -0.400. The zero-order valence-corrected chi connectivity index (χ0v) is 94.8. The van der Waals surface area contributed by atoms with Gasteiger partial charge in [-0.05, 0) is 88.2 Å². The molecule has 0 fully saturated rings. The SMILES string of the molecule is CCCC(C)CCCCCCOP(=O)(O)OCCCCCCC(C)CCC.CCCCCCCCCCC=COP(=O)(O)OC=CCCCCCCCCCC.CCCCCCCCCCCCCCCCCCOP(=O)(O)OCCCCCCCCCCCCCCCCCC.CCCCCCCCCCCCCCCCOP(=O)(O)OCCCCCCCCCCCCCCCC. The summed E-state index contributed by atoms with van der Waals surface area (Å²) >= 11 is 0. The average molecular weight is 1990 g/mol. The number of rotatable bonds is 110. The minimum Gasteiger partial charge on any atom is -0.404 e. The van der Waals surface area contributed by atoms with Crippen molar-refractivity contribution in [3.8, 4) is 0 Å². The van der Waals surface area contributed by atoms with Crippen molar-refractivity contribution in [1.29, 1.82) is 0 Å². The van der Waals surface area contributed by atoms with Crippen LogP contribution in [0.2, 0.25) is 0 Å². The molecule has 0 aliphatic rings. The van der Waals surface area contributed by atoms with Crippen LogP contribution in [0.4, 0.5) is 0 Å². The fourth-order valence-electron chi connectivity index (χ4n) is 17.4. The lowest BCUT2D eigenvalue weighted by Gasteiger charge is -2.13. The molecule has 0 rings (SSSR count). The van der Waals surface area contributed by atoms with Crippen molar-refractivity contribution in [1.82, 2.24) is 0 Å². The molecule has 134 heavy (non-hydrogen) atoms. The van der Waals surface area contributed by atoms with Crippen molar-refractivity contribution in [2.24, 2.45) is 11.8 Å². The molecule has 2 atom stereocenters. The second kappa shape index (κ2) is 118. The highest BCUT2D eigenvalue weighted by Crippen LogP contribution is 2.46. The lowest BCUT2D eigenvalue weighted by Crippen LogP contribution is -1.99. The number of unbranched alkanes of at least 4 members (excludes halogenated alkanes) is 78. The van der Waals surface area contributed by atoms with Gasteiger partial charge < -0.3 is 23.7 Å². The Labute approximate surface area is 836 Å². The third kappa shape index (κ3) is 130. The summed E-state index contributed by atoms with van der Waals surface area (Å²) in [4.78, 5) is 39.0. The summed E-state index contributed by atoms with van der Waals surface area (Å²) in [6, 6.07) is 0. The van der Waals surface area contributed by atoms with Gasteiger partial charge in [0, 0.05) is 0 Å². The molecule has 0 saturated carbocycles. The fraction of sp³-hybridized carbons (Fsp3) is 0.965. The van der Waals surface area contributed by atoms with Crippen LogP contribution < -0.4 is 0 Å². The molecule has 0 radical (unpaired) electrons. The number of hydrogen-bond acceptors (Lipinski definition) is 12. The maximum atomic E-state index is 12.0. The van der Waals surface area contributed by atoms with Crippen LogP contribution in [0.15, 0.2) is 24.7 Å². The molecule has 0 aromatic heterocycles. The van der Waals surface area contributed by atoms with Gasteiger partial charge in [0.1, 0.15) is 0 Å². The van der Waals surface area contributed by atoms with E-state index in [1.165, 1.54) is 501 Å². The molecule has 16 nitrogen and oxygen atoms in total. The molecule has 2 unspecified atom stereocenters. The molecule has 0 heterocycles. The Balaban J connectivity index is -0.000000852. The molecule has 0 saturated heterocycles. The molecule has 0 aliphatic carbocycles. The van der Waals surface area contributed by atoms with E-state index >= 15 is 0 Å². The first-order valence-corrected chi connectivity index (χ1v) is 65.1. The van der Waals surface area contributed by atoms with E-state index in [2.05, 4.69) is 69.2 Å². The van der Waals surface area contributed by atoms with E-state index in [1.807, 2.05) is 0 Å². The standard InChI is InChI=1S/C36H75O4P.C32H67O4P.C24H47O4P.C22H47O4P/c1-3-5-7-9-11-13-15-17-19-21-23-25-27-29-31-33-35-39-41(37,38)40-36-34-32-30-28-26-24-22-20-18-16-14-12-10-8-6-4-2;1-3-5-7-9-11-13-15-17-19-21-23-25-27-29-31-35-37(33,34)36-32-30-28-26-24-22-20-18-16-14-12-10-8-6-4-2;1-3-5-7-9-11-13-15-17-19-21-23-27-29(25,26)28-24-22-20-18-16-14-12-10-8-6-4-2;1-5-15-21(3)17-11-7-9-13-19-25-27(23,24)26-20-14-10-8-12-18-22(4)16-6-2/h3-36H2,1-2H3,(H,37,38);3-32H2,1-2H3,(H,33,34);21-24H,3-20H2,1-2H3,(H,25,26);21-22H,5-20H2,1-4H3,(H,23,24). The van der Waals surface area contributed by atoms with Gasteiger partial charge in [-0.25, -0.2) is 18.3 Å². The van der Waals surface area contributed by atoms with E-state index in [9.17, 15) is 37.8 Å². The Morgan fingerprint density at radius 2 is 0.306 bits per heavy atom. The summed E-state index contributed by atoms with van der Waals surface area (Å²) in [5, 5.41) is 0. The molecule has 20 heteroatoms. The molecule has 0 spiro atoms. The van der Waals surface area contributed by atoms with Gasteiger partial charge in [0.15, 0.2) is 0 Å². The zero-order valence-electron chi connectivity index (χ0n) is 91.2. The predicted molar refractivity (Wildman–Crippen MR) is 584 cm³/mol. The molecule has 4 N–H and O–H groups in total. The van der Waals surface area contributed by atoms with Crippen LogP contribution in [0.3, 0.4) is 0 Å². The number of phosphoric ester groups is 4. The maximum Gasteiger partial charge on any atom is 0.583 e. The highest BCUT2D eigenvalue weighted by Gasteiger charge is 2.23. The molecule has 0 bridgehead atoms. The molecule has 0 aromatic carbocycles. The van der Waals surface area contributed by atoms with Crippen LogP contribution in [-0.4, -0.2) is 59.2 Å². The second-order valence-corrected chi connectivity index (χ2v) is 46.1. The molecule has 808 valence electrons. The molecular formula is C114H236O16P4. The smallest absolute Gasteiger partial charge is 0.404 e. The van der Waals surface area contributed by atoms with Gasteiger partial charge in [0.05, 0.1) is 52.2 Å². The van der Waals surface area contributed by atoms with Crippen molar-refractivity contribution in [2.75, 3.05) is 39.6 Å². The van der Waals surface area contributed by atoms with Gasteiger partial charge in [-0.1, -0.05) is 596 Å². The summed E-state index contributed by atoms with van der Waals surface area (Å²) in [6.07, 6.45) is 123. The third-order valence-corrected chi connectivity index (χ3v) is 30.1. The van der Waals surface area contributed by atoms with Crippen LogP contribution in [0.5, 0.6) is 0 Å². The van der Waals surface area contributed by atoms with Crippen LogP contribution >= 0.6 is 31.3 Å². The van der Waals surface area contributed by atoms with E-state index in [0.717, 1.165) is 115 Å². The number of allylic oxidation sites excluding steroid dienone is 2. The van der Waals surface area contributed by atoms with Crippen LogP contribution in [0.25, 0.3) is 0 Å². The van der Waals surface area contributed by atoms with Crippen LogP contribution in [0, 0.1) is 11.8 Å². The normalized spacial score (nSPS) is 13.2. The summed E-state index contributed by atoms with van der Waals surface area (Å²) in [5.74, 6) is 1.63. The topological polar surface area (TPSA) is 223 Å². The minimum atomic E-state index is -4.02. The van der Waals surface area contributed by atoms with Gasteiger partial charge >= 0.3 is 31.3 Å². The predicted octanol–water partition coefficient (Wildman–Crippen LogP) is 42.8. The Kier molecular flexibility index (Phi) is 123. The van der Waals surface area contributed by atoms with Crippen LogP contribution in [0.1, 0.15) is 660 Å². The minimum absolute atomic E-state index is 0.313. The first-order valence-electron chi connectivity index (χ1n) is 59.1. The first-order chi connectivity index (χ1) is 65.3. The number of hydrogen-bond donors (Lipinski definition) is 4. The van der Waals surface area contributed by atoms with E-state index in [4.69, 9.17) is 36.2 Å². The second-order valence-electron chi connectivity index (χ2n) is 40.3. The van der Waals surface area contributed by atoms with Crippen molar-refractivity contribution in [3.63, 3.8) is 0 Å². The average Bonchev–Trinajstić information content (AvgIpc) is 0.953. The van der Waals surface area contributed by atoms with Crippen molar-refractivity contribution in [3.05, 3.63) is 24.7 Å². The fourth-order valence-corrected chi connectivity index (χ4v) is 20.4. The Bertz CT molecular complexity index is 2300. The summed E-state index contributed by atoms with van der Waals surface area (Å²) in [7, 11) is -15.6. The Morgan fingerprint density at radius 3 is 0.455 bits per heavy atom. The van der Waals surface area contributed by atoms with E-state index in [1.54, 1.807) is 12.2 Å². The molecular weight excluding hydrogens is 1750 g/mol. The Morgan fingerprint density at radius 1 is 0.172 bits per heavy atom. The first kappa shape index (κ1) is 140. The largest absolute Gasteiger partial charge is 0.583 e. The van der Waals surface area contributed by atoms with E-state index in [-0.39, 0.29) is 0 Å². The third-order valence-electron chi connectivity index (χ3n) is 26.3. The van der Waals surface area contributed by atoms with Gasteiger partial charge in [0.25, 0.3) is 0 Å². The zero-order chi connectivity index (χ0) is 98.9. The summed E-state index contributed by atoms with van der Waals surface area (Å²) < 4.78 is 88.1. The lowest BCUT2D eigenvalue weighted by atomic mass is 9.98. The van der Waals surface area contributed by atoms with Gasteiger partial charge in [0.2, 0.25) is 0 Å². The van der Waals surface area contributed by atoms with Gasteiger partial charge in [-0.3, -0.25) is 32.0 Å². The molecule has 0 aliphatic heterocycles. The van der Waals surface area contributed by atoms with Gasteiger partial charge in [-0.2, -0.15) is 0 Å². The molecule has 0 amide bonds. The van der Waals surface area contributed by atoms with Crippen molar-refractivity contribution in [2.45, 2.75) is 660 Å². The summed E-state index contributed by atoms with van der Waals surface area (Å²) in [5.41, 5.74) is 0. The van der Waals surface area contributed by atoms with Crippen molar-refractivity contribution < 1.29 is 74.0 Å². The summed E-state index contributed by atoms with van der Waals surface area (Å²) in [6.45, 7) is 24.6. The highest BCUT2D eigenvalue weighted by atomic mass is 31.2. The van der Waals surface area contributed by atoms with E-state index in [0.29, 0.717) is 39.6 Å². The number of phosphoric acid groups is 4. The quantitative estimate of drug-likeness (QED) is 0.0252. The highest BCUT2D eigenvalue weighted by molar-refractivity contribution is 7.48. The van der Waals surface area contributed by atoms with Gasteiger partial charge in [-0.15, -0.1) is 0 Å². The molecule has 0 aromatic rings. The van der Waals surface area contributed by atoms with Crippen molar-refractivity contribution >= 4 is 31.3 Å². The van der Waals surface area contributed by atoms with E-state index < -0.39 is 31.3 Å². The lowest BCUT2D eigenvalue weighted by molar-refractivity contribution is 0.143. The monoisotopic (exact) mass is 1990 g/mol. The maximum absolute atomic E-state index is 12.0. The van der Waals surface area contributed by atoms with Crippen LogP contribution in [-0.2, 0) is 54.5 Å².